The van der Waals surface area contributed by atoms with Crippen LogP contribution in [-0.4, -0.2) is 13.2 Å². The lowest BCUT2D eigenvalue weighted by molar-refractivity contribution is 0.197. The first kappa shape index (κ1) is 9.80. The maximum Gasteiger partial charge on any atom is 0.162 e. The quantitative estimate of drug-likeness (QED) is 0.694. The maximum atomic E-state index is 8.87. The lowest BCUT2D eigenvalue weighted by atomic mass is 10.1. The summed E-state index contributed by atoms with van der Waals surface area (Å²) in [5.74, 6) is 1.28. The second-order valence-corrected chi connectivity index (χ2v) is 4.88. The molecule has 2 aliphatic rings. The molecule has 1 aliphatic carbocycles. The highest BCUT2D eigenvalue weighted by molar-refractivity contribution is 6.31. The summed E-state index contributed by atoms with van der Waals surface area (Å²) in [7, 11) is 0. The molecule has 3 nitrogen and oxygen atoms in total. The summed E-state index contributed by atoms with van der Waals surface area (Å²) in [6.45, 7) is 1.36. The van der Waals surface area contributed by atoms with E-state index in [1.165, 1.54) is 0 Å². The smallest absolute Gasteiger partial charge is 0.162 e. The summed E-state index contributed by atoms with van der Waals surface area (Å²) in [4.78, 5) is 0. The van der Waals surface area contributed by atoms with E-state index in [2.05, 4.69) is 0 Å². The van der Waals surface area contributed by atoms with Crippen molar-refractivity contribution in [3.8, 4) is 17.6 Å². The average Bonchev–Trinajstić information content (AvgIpc) is 3.07. The fraction of sp³-hybridized carbons (Fsp3) is 0.417. The Morgan fingerprint density at radius 3 is 2.38 bits per heavy atom. The van der Waals surface area contributed by atoms with Gasteiger partial charge in [0.15, 0.2) is 11.5 Å². The first-order chi connectivity index (χ1) is 7.72. The van der Waals surface area contributed by atoms with Gasteiger partial charge in [0.25, 0.3) is 0 Å². The van der Waals surface area contributed by atoms with Crippen molar-refractivity contribution in [3.63, 3.8) is 0 Å². The molecule has 0 bridgehead atoms. The van der Waals surface area contributed by atoms with Crippen LogP contribution in [0.5, 0.6) is 11.5 Å². The van der Waals surface area contributed by atoms with Crippen LogP contribution in [0.3, 0.4) is 0 Å². The van der Waals surface area contributed by atoms with Gasteiger partial charge >= 0.3 is 0 Å². The van der Waals surface area contributed by atoms with Crippen molar-refractivity contribution in [1.82, 2.24) is 0 Å². The van der Waals surface area contributed by atoms with Crippen LogP contribution in [0.15, 0.2) is 12.1 Å². The van der Waals surface area contributed by atoms with Gasteiger partial charge in [-0.25, -0.2) is 0 Å². The summed E-state index contributed by atoms with van der Waals surface area (Å²) >= 11 is 5.94. The molecule has 0 amide bonds. The van der Waals surface area contributed by atoms with E-state index >= 15 is 0 Å². The molecule has 82 valence electrons. The number of nitriles is 1. The van der Waals surface area contributed by atoms with Gasteiger partial charge in [-0.05, 0) is 12.8 Å². The lowest BCUT2D eigenvalue weighted by Gasteiger charge is -2.08. The number of benzene rings is 1. The molecule has 1 saturated carbocycles. The molecule has 0 saturated heterocycles. The maximum absolute atomic E-state index is 8.87. The summed E-state index contributed by atoms with van der Waals surface area (Å²) in [6, 6.07) is 5.35. The van der Waals surface area contributed by atoms with Crippen LogP contribution >= 0.6 is 11.6 Å². The van der Waals surface area contributed by atoms with Crippen LogP contribution in [0.25, 0.3) is 0 Å². The molecule has 1 fully saturated rings. The Morgan fingerprint density at radius 1 is 1.19 bits per heavy atom. The lowest BCUT2D eigenvalue weighted by Crippen LogP contribution is -2.17. The molecule has 1 spiro atoms. The van der Waals surface area contributed by atoms with Gasteiger partial charge in [-0.3, -0.25) is 0 Å². The van der Waals surface area contributed by atoms with Crippen molar-refractivity contribution in [2.24, 2.45) is 5.41 Å². The molecular formula is C12H10ClNO2. The summed E-state index contributed by atoms with van der Waals surface area (Å²) < 4.78 is 11.4. The van der Waals surface area contributed by atoms with Crippen LogP contribution in [0, 0.1) is 16.7 Å². The molecule has 0 aromatic heterocycles. The molecule has 1 aliphatic heterocycles. The van der Waals surface area contributed by atoms with Crippen molar-refractivity contribution < 1.29 is 9.47 Å². The third-order valence-corrected chi connectivity index (χ3v) is 3.49. The van der Waals surface area contributed by atoms with Gasteiger partial charge in [0.1, 0.15) is 6.07 Å². The predicted molar refractivity (Wildman–Crippen MR) is 58.8 cm³/mol. The Kier molecular flexibility index (Phi) is 2.02. The number of fused-ring (bicyclic) bond motifs is 1. The average molecular weight is 236 g/mol. The van der Waals surface area contributed by atoms with E-state index in [4.69, 9.17) is 26.3 Å². The van der Waals surface area contributed by atoms with Crippen molar-refractivity contribution >= 4 is 11.6 Å². The molecular weight excluding hydrogens is 226 g/mol. The Hall–Kier alpha value is -1.40. The number of hydrogen-bond donors (Lipinski definition) is 0. The molecule has 0 atom stereocenters. The minimum absolute atomic E-state index is 0.207. The Bertz CT molecular complexity index is 489. The third kappa shape index (κ3) is 1.50. The van der Waals surface area contributed by atoms with E-state index in [0.29, 0.717) is 35.3 Å². The molecule has 16 heavy (non-hydrogen) atoms. The second-order valence-electron chi connectivity index (χ2n) is 4.47. The van der Waals surface area contributed by atoms with Crippen LogP contribution in [0.2, 0.25) is 5.02 Å². The number of hydrogen-bond acceptors (Lipinski definition) is 3. The highest BCUT2D eigenvalue weighted by atomic mass is 35.5. The summed E-state index contributed by atoms with van der Waals surface area (Å²) in [6.07, 6.45) is 2.31. The minimum atomic E-state index is 0.207. The van der Waals surface area contributed by atoms with Gasteiger partial charge in [0.2, 0.25) is 0 Å². The second kappa shape index (κ2) is 3.29. The number of rotatable bonds is 0. The van der Waals surface area contributed by atoms with Crippen LogP contribution < -0.4 is 9.47 Å². The highest BCUT2D eigenvalue weighted by Crippen LogP contribution is 2.49. The van der Waals surface area contributed by atoms with Crippen molar-refractivity contribution in [2.75, 3.05) is 13.2 Å². The van der Waals surface area contributed by atoms with Gasteiger partial charge in [0, 0.05) is 17.5 Å². The van der Waals surface area contributed by atoms with Crippen molar-refractivity contribution in [3.05, 3.63) is 22.7 Å². The Morgan fingerprint density at radius 2 is 1.81 bits per heavy atom. The van der Waals surface area contributed by atoms with Crippen molar-refractivity contribution in [2.45, 2.75) is 12.8 Å². The zero-order chi connectivity index (χ0) is 11.2. The molecule has 1 aromatic carbocycles. The molecule has 0 unspecified atom stereocenters. The summed E-state index contributed by atoms with van der Waals surface area (Å²) in [5, 5.41) is 9.29. The van der Waals surface area contributed by atoms with Gasteiger partial charge in [0.05, 0.1) is 23.8 Å². The van der Waals surface area contributed by atoms with E-state index in [1.807, 2.05) is 6.07 Å². The van der Waals surface area contributed by atoms with E-state index in [-0.39, 0.29) is 5.41 Å². The standard InChI is InChI=1S/C12H10ClNO2/c13-9-4-11-10(3-8(9)5-14)15-6-12(1-2-12)7-16-11/h3-4H,1-2,6-7H2. The fourth-order valence-electron chi connectivity index (χ4n) is 1.82. The molecule has 0 radical (unpaired) electrons. The normalized spacial score (nSPS) is 20.0. The monoisotopic (exact) mass is 235 g/mol. The molecule has 1 aromatic rings. The van der Waals surface area contributed by atoms with Gasteiger partial charge in [-0.2, -0.15) is 5.26 Å². The van der Waals surface area contributed by atoms with E-state index in [9.17, 15) is 0 Å². The van der Waals surface area contributed by atoms with E-state index < -0.39 is 0 Å². The van der Waals surface area contributed by atoms with Crippen LogP contribution in [-0.2, 0) is 0 Å². The SMILES string of the molecule is N#Cc1cc2c(cc1Cl)OCC1(CC1)CO2. The number of ether oxygens (including phenoxy) is 2. The molecule has 3 rings (SSSR count). The highest BCUT2D eigenvalue weighted by Gasteiger charge is 2.46. The zero-order valence-corrected chi connectivity index (χ0v) is 9.38. The number of halogens is 1. The zero-order valence-electron chi connectivity index (χ0n) is 8.62. The fourth-order valence-corrected chi connectivity index (χ4v) is 2.01. The number of nitrogens with zero attached hydrogens (tertiary/aromatic N) is 1. The van der Waals surface area contributed by atoms with Crippen molar-refractivity contribution in [1.29, 1.82) is 5.26 Å². The summed E-state index contributed by atoms with van der Waals surface area (Å²) in [5.41, 5.74) is 0.633. The van der Waals surface area contributed by atoms with E-state index in [0.717, 1.165) is 12.8 Å². The first-order valence-corrected chi connectivity index (χ1v) is 5.60. The topological polar surface area (TPSA) is 42.2 Å². The predicted octanol–water partition coefficient (Wildman–Crippen LogP) is 2.76. The van der Waals surface area contributed by atoms with Gasteiger partial charge in [-0.1, -0.05) is 11.6 Å². The van der Waals surface area contributed by atoms with Crippen LogP contribution in [0.1, 0.15) is 18.4 Å². The Balaban J connectivity index is 1.98. The van der Waals surface area contributed by atoms with E-state index in [1.54, 1.807) is 12.1 Å². The molecule has 1 heterocycles. The van der Waals surface area contributed by atoms with Crippen LogP contribution in [0.4, 0.5) is 0 Å². The van der Waals surface area contributed by atoms with Gasteiger partial charge < -0.3 is 9.47 Å². The minimum Gasteiger partial charge on any atom is -0.489 e. The molecule has 4 heteroatoms. The molecule has 0 N–H and O–H groups in total. The largest absolute Gasteiger partial charge is 0.489 e. The third-order valence-electron chi connectivity index (χ3n) is 3.18. The van der Waals surface area contributed by atoms with Gasteiger partial charge in [-0.15, -0.1) is 0 Å². The first-order valence-electron chi connectivity index (χ1n) is 5.22. The Labute approximate surface area is 98.5 Å².